The number of hydrogen-bond acceptors (Lipinski definition) is 8. The van der Waals surface area contributed by atoms with Crippen molar-refractivity contribution in [3.8, 4) is 6.01 Å². The van der Waals surface area contributed by atoms with Gasteiger partial charge in [-0.3, -0.25) is 0 Å². The van der Waals surface area contributed by atoms with E-state index in [1.54, 1.807) is 18.2 Å². The largest absolute Gasteiger partial charge is 0.417 e. The molecule has 1 amide bonds. The predicted molar refractivity (Wildman–Crippen MR) is 98.9 cm³/mol. The fourth-order valence-corrected chi connectivity index (χ4v) is 4.51. The Morgan fingerprint density at radius 2 is 2.11 bits per heavy atom. The highest BCUT2D eigenvalue weighted by Crippen LogP contribution is 2.41. The Kier molecular flexibility index (Phi) is 3.92. The molecule has 0 bridgehead atoms. The molecule has 5 rings (SSSR count). The summed E-state index contributed by atoms with van der Waals surface area (Å²) in [6, 6.07) is 2.37. The van der Waals surface area contributed by atoms with Crippen LogP contribution < -0.4 is 9.64 Å². The Morgan fingerprint density at radius 1 is 1.32 bits per heavy atom. The van der Waals surface area contributed by atoms with Crippen LogP contribution in [0.2, 0.25) is 0 Å². The standard InChI is InChI=1S/C18H21N7O3/c1-10-22-17(23-28-10)27-18(26)25-7-11-5-13(6-12(11)8-25)24(2)16-14-3-4-19-15(14)20-9-21-16/h3-4,9,11-13H,5-8H2,1-2H3,(H,19,20,21)/t11-,12+,13?. The molecule has 1 saturated heterocycles. The number of fused-ring (bicyclic) bond motifs is 2. The molecule has 1 aliphatic carbocycles. The molecule has 3 aromatic rings. The summed E-state index contributed by atoms with van der Waals surface area (Å²) in [5.74, 6) is 2.22. The summed E-state index contributed by atoms with van der Waals surface area (Å²) >= 11 is 0. The number of H-pyrrole nitrogens is 1. The van der Waals surface area contributed by atoms with Crippen LogP contribution in [0.1, 0.15) is 18.7 Å². The van der Waals surface area contributed by atoms with Crippen LogP contribution in [0, 0.1) is 18.8 Å². The number of aromatic amines is 1. The maximum atomic E-state index is 12.4. The maximum absolute atomic E-state index is 12.4. The molecule has 10 nitrogen and oxygen atoms in total. The van der Waals surface area contributed by atoms with Crippen LogP contribution in [0.5, 0.6) is 6.01 Å². The van der Waals surface area contributed by atoms with Gasteiger partial charge in [0.1, 0.15) is 17.8 Å². The third-order valence-electron chi connectivity index (χ3n) is 5.89. The SMILES string of the molecule is Cc1nc(OC(=O)N2C[C@H]3CC(N(C)c4ncnc5[nH]ccc45)C[C@H]3C2)no1. The summed E-state index contributed by atoms with van der Waals surface area (Å²) in [5, 5.41) is 4.64. The van der Waals surface area contributed by atoms with Gasteiger partial charge in [0, 0.05) is 39.3 Å². The summed E-state index contributed by atoms with van der Waals surface area (Å²) in [4.78, 5) is 32.2. The molecule has 1 saturated carbocycles. The number of hydrogen-bond donors (Lipinski definition) is 1. The fraction of sp³-hybridized carbons (Fsp3) is 0.500. The minimum atomic E-state index is -0.412. The van der Waals surface area contributed by atoms with E-state index in [-0.39, 0.29) is 6.01 Å². The van der Waals surface area contributed by atoms with Crippen LogP contribution >= 0.6 is 0 Å². The highest BCUT2D eigenvalue weighted by Gasteiger charge is 2.44. The van der Waals surface area contributed by atoms with Gasteiger partial charge in [0.15, 0.2) is 0 Å². The number of anilines is 1. The van der Waals surface area contributed by atoms with E-state index in [1.165, 1.54) is 0 Å². The lowest BCUT2D eigenvalue weighted by molar-refractivity contribution is 0.153. The molecule has 1 N–H and O–H groups in total. The highest BCUT2D eigenvalue weighted by molar-refractivity contribution is 5.87. The van der Waals surface area contributed by atoms with E-state index in [1.807, 2.05) is 12.3 Å². The lowest BCUT2D eigenvalue weighted by Crippen LogP contribution is -2.36. The molecule has 28 heavy (non-hydrogen) atoms. The number of aryl methyl sites for hydroxylation is 1. The Bertz CT molecular complexity index is 1000. The van der Waals surface area contributed by atoms with Gasteiger partial charge in [0.25, 0.3) is 0 Å². The summed E-state index contributed by atoms with van der Waals surface area (Å²) < 4.78 is 10.0. The predicted octanol–water partition coefficient (Wildman–Crippen LogP) is 1.99. The molecule has 2 aliphatic rings. The number of carbonyl (C=O) groups excluding carboxylic acids is 1. The van der Waals surface area contributed by atoms with Gasteiger partial charge in [0.05, 0.1) is 5.39 Å². The van der Waals surface area contributed by atoms with E-state index in [0.717, 1.165) is 29.7 Å². The quantitative estimate of drug-likeness (QED) is 0.730. The van der Waals surface area contributed by atoms with Crippen LogP contribution in [0.25, 0.3) is 11.0 Å². The first-order valence-electron chi connectivity index (χ1n) is 9.36. The first-order valence-corrected chi connectivity index (χ1v) is 9.36. The van der Waals surface area contributed by atoms with Gasteiger partial charge in [0.2, 0.25) is 5.89 Å². The lowest BCUT2D eigenvalue weighted by Gasteiger charge is -2.27. The van der Waals surface area contributed by atoms with Gasteiger partial charge < -0.3 is 24.0 Å². The molecule has 4 heterocycles. The molecule has 2 fully saturated rings. The van der Waals surface area contributed by atoms with Gasteiger partial charge in [-0.15, -0.1) is 0 Å². The van der Waals surface area contributed by atoms with Crippen molar-refractivity contribution in [2.75, 3.05) is 25.0 Å². The minimum Gasteiger partial charge on any atom is -0.372 e. The number of amides is 1. The first-order chi connectivity index (χ1) is 13.6. The van der Waals surface area contributed by atoms with Crippen molar-refractivity contribution in [3.63, 3.8) is 0 Å². The van der Waals surface area contributed by atoms with Crippen molar-refractivity contribution in [1.29, 1.82) is 0 Å². The third-order valence-corrected chi connectivity index (χ3v) is 5.89. The maximum Gasteiger partial charge on any atom is 0.417 e. The summed E-state index contributed by atoms with van der Waals surface area (Å²) in [5.41, 5.74) is 0.848. The van der Waals surface area contributed by atoms with Crippen molar-refractivity contribution in [2.45, 2.75) is 25.8 Å². The molecule has 3 aromatic heterocycles. The van der Waals surface area contributed by atoms with Crippen molar-refractivity contribution in [1.82, 2.24) is 30.0 Å². The van der Waals surface area contributed by atoms with Crippen molar-refractivity contribution >= 4 is 22.9 Å². The van der Waals surface area contributed by atoms with E-state index >= 15 is 0 Å². The molecule has 1 unspecified atom stereocenters. The Morgan fingerprint density at radius 3 is 2.82 bits per heavy atom. The zero-order valence-electron chi connectivity index (χ0n) is 15.7. The summed E-state index contributed by atoms with van der Waals surface area (Å²) in [6.45, 7) is 3.03. The number of carbonyl (C=O) groups is 1. The normalized spacial score (nSPS) is 23.9. The van der Waals surface area contributed by atoms with Crippen LogP contribution in [0.3, 0.4) is 0 Å². The van der Waals surface area contributed by atoms with Crippen LogP contribution in [0.15, 0.2) is 23.1 Å². The number of nitrogens with one attached hydrogen (secondary N) is 1. The molecule has 1 aliphatic heterocycles. The second-order valence-electron chi connectivity index (χ2n) is 7.56. The number of likely N-dealkylation sites (tertiary alicyclic amines) is 1. The topological polar surface area (TPSA) is 113 Å². The van der Waals surface area contributed by atoms with E-state index in [9.17, 15) is 4.79 Å². The number of aromatic nitrogens is 5. The molecule has 146 valence electrons. The second kappa shape index (κ2) is 6.47. The monoisotopic (exact) mass is 383 g/mol. The Balaban J connectivity index is 1.23. The third kappa shape index (κ3) is 2.85. The Hall–Kier alpha value is -3.17. The smallest absolute Gasteiger partial charge is 0.372 e. The highest BCUT2D eigenvalue weighted by atomic mass is 16.6. The molecule has 0 aromatic carbocycles. The van der Waals surface area contributed by atoms with Crippen LogP contribution in [0.4, 0.5) is 10.6 Å². The molecular weight excluding hydrogens is 362 g/mol. The molecular formula is C18H21N7O3. The zero-order chi connectivity index (χ0) is 19.3. The molecule has 3 atom stereocenters. The summed E-state index contributed by atoms with van der Waals surface area (Å²) in [6.07, 6.45) is 5.10. The number of rotatable bonds is 3. The van der Waals surface area contributed by atoms with Gasteiger partial charge in [-0.2, -0.15) is 4.98 Å². The van der Waals surface area contributed by atoms with Crippen molar-refractivity contribution in [2.24, 2.45) is 11.8 Å². The van der Waals surface area contributed by atoms with Crippen molar-refractivity contribution in [3.05, 3.63) is 24.5 Å². The van der Waals surface area contributed by atoms with E-state index in [4.69, 9.17) is 9.26 Å². The number of nitrogens with zero attached hydrogens (tertiary/aromatic N) is 6. The van der Waals surface area contributed by atoms with Gasteiger partial charge in [-0.25, -0.2) is 14.8 Å². The fourth-order valence-electron chi connectivity index (χ4n) is 4.51. The van der Waals surface area contributed by atoms with E-state index in [0.29, 0.717) is 36.9 Å². The van der Waals surface area contributed by atoms with Crippen LogP contribution in [-0.4, -0.2) is 62.3 Å². The molecule has 0 radical (unpaired) electrons. The average molecular weight is 383 g/mol. The second-order valence-corrected chi connectivity index (χ2v) is 7.56. The Labute approximate surface area is 160 Å². The lowest BCUT2D eigenvalue weighted by atomic mass is 10.0. The van der Waals surface area contributed by atoms with Gasteiger partial charge in [-0.05, 0) is 35.9 Å². The first kappa shape index (κ1) is 17.0. The van der Waals surface area contributed by atoms with E-state index in [2.05, 4.69) is 37.0 Å². The number of ether oxygens (including phenoxy) is 1. The molecule has 10 heteroatoms. The van der Waals surface area contributed by atoms with E-state index < -0.39 is 6.09 Å². The zero-order valence-corrected chi connectivity index (χ0v) is 15.7. The van der Waals surface area contributed by atoms with Crippen molar-refractivity contribution < 1.29 is 14.1 Å². The van der Waals surface area contributed by atoms with Gasteiger partial charge >= 0.3 is 12.1 Å². The summed E-state index contributed by atoms with van der Waals surface area (Å²) in [7, 11) is 2.09. The minimum absolute atomic E-state index is 0.0311. The molecule has 0 spiro atoms. The average Bonchev–Trinajstić information content (AvgIpc) is 3.43. The van der Waals surface area contributed by atoms with Gasteiger partial charge in [-0.1, -0.05) is 0 Å². The van der Waals surface area contributed by atoms with Crippen LogP contribution in [-0.2, 0) is 0 Å².